The van der Waals surface area contributed by atoms with Crippen molar-refractivity contribution in [1.29, 1.82) is 0 Å². The zero-order valence-electron chi connectivity index (χ0n) is 9.20. The van der Waals surface area contributed by atoms with Crippen LogP contribution in [0.1, 0.15) is 6.42 Å². The van der Waals surface area contributed by atoms with Gasteiger partial charge in [-0.15, -0.1) is 0 Å². The molecule has 1 fully saturated rings. The molecule has 0 aliphatic heterocycles. The number of carbonyl (C=O) groups excluding carboxylic acids is 1. The number of halogens is 3. The summed E-state index contributed by atoms with van der Waals surface area (Å²) in [6.45, 7) is -2.94. The van der Waals surface area contributed by atoms with Gasteiger partial charge in [0.05, 0.1) is 10.9 Å². The topological polar surface area (TPSA) is 64.4 Å². The SMILES string of the molecule is NC1CC1C(=O)Nc1ccc(OC(F)F)c(Cl)c1. The molecule has 0 saturated heterocycles. The molecule has 7 heteroatoms. The molecule has 1 aromatic rings. The van der Waals surface area contributed by atoms with E-state index in [2.05, 4.69) is 10.1 Å². The summed E-state index contributed by atoms with van der Waals surface area (Å²) in [6, 6.07) is 3.97. The molecule has 2 unspecified atom stereocenters. The maximum absolute atomic E-state index is 12.0. The van der Waals surface area contributed by atoms with Crippen molar-refractivity contribution in [3.05, 3.63) is 23.2 Å². The normalized spacial score (nSPS) is 21.8. The zero-order valence-corrected chi connectivity index (χ0v) is 9.95. The molecule has 0 aromatic heterocycles. The van der Waals surface area contributed by atoms with Crippen molar-refractivity contribution in [2.24, 2.45) is 11.7 Å². The third kappa shape index (κ3) is 3.08. The number of nitrogens with two attached hydrogens (primary N) is 1. The Hall–Kier alpha value is -1.40. The molecule has 3 N–H and O–H groups in total. The molecule has 0 bridgehead atoms. The van der Waals surface area contributed by atoms with Gasteiger partial charge < -0.3 is 15.8 Å². The molecule has 2 rings (SSSR count). The van der Waals surface area contributed by atoms with E-state index in [1.165, 1.54) is 18.2 Å². The number of alkyl halides is 2. The van der Waals surface area contributed by atoms with Crippen LogP contribution in [0.15, 0.2) is 18.2 Å². The fourth-order valence-corrected chi connectivity index (χ4v) is 1.75. The number of carbonyl (C=O) groups is 1. The van der Waals surface area contributed by atoms with Gasteiger partial charge in [0.2, 0.25) is 5.91 Å². The minimum Gasteiger partial charge on any atom is -0.433 e. The zero-order chi connectivity index (χ0) is 13.3. The van der Waals surface area contributed by atoms with Crippen LogP contribution in [0.2, 0.25) is 5.02 Å². The monoisotopic (exact) mass is 276 g/mol. The first-order chi connectivity index (χ1) is 8.47. The molecule has 1 aliphatic rings. The molecule has 1 aliphatic carbocycles. The predicted molar refractivity (Wildman–Crippen MR) is 62.8 cm³/mol. The van der Waals surface area contributed by atoms with E-state index in [0.717, 1.165) is 0 Å². The van der Waals surface area contributed by atoms with Crippen LogP contribution < -0.4 is 15.8 Å². The Bertz CT molecular complexity index is 470. The van der Waals surface area contributed by atoms with E-state index >= 15 is 0 Å². The number of rotatable bonds is 4. The number of anilines is 1. The van der Waals surface area contributed by atoms with Gasteiger partial charge in [-0.2, -0.15) is 8.78 Å². The van der Waals surface area contributed by atoms with E-state index in [4.69, 9.17) is 17.3 Å². The maximum atomic E-state index is 12.0. The fourth-order valence-electron chi connectivity index (χ4n) is 1.52. The highest BCUT2D eigenvalue weighted by Crippen LogP contribution is 2.32. The molecule has 4 nitrogen and oxygen atoms in total. The molecule has 18 heavy (non-hydrogen) atoms. The molecule has 2 atom stereocenters. The van der Waals surface area contributed by atoms with Crippen LogP contribution in [0.4, 0.5) is 14.5 Å². The summed E-state index contributed by atoms with van der Waals surface area (Å²) in [6.07, 6.45) is 0.659. The van der Waals surface area contributed by atoms with Crippen molar-refractivity contribution in [3.63, 3.8) is 0 Å². The minimum absolute atomic E-state index is 0.00759. The van der Waals surface area contributed by atoms with E-state index in [1.807, 2.05) is 0 Å². The highest BCUT2D eigenvalue weighted by molar-refractivity contribution is 6.32. The van der Waals surface area contributed by atoms with Crippen molar-refractivity contribution in [3.8, 4) is 5.75 Å². The number of benzene rings is 1. The molecule has 98 valence electrons. The van der Waals surface area contributed by atoms with Crippen LogP contribution in [0.3, 0.4) is 0 Å². The average Bonchev–Trinajstić information content (AvgIpc) is 2.99. The van der Waals surface area contributed by atoms with Gasteiger partial charge in [-0.1, -0.05) is 11.6 Å². The van der Waals surface area contributed by atoms with E-state index in [1.54, 1.807) is 0 Å². The Morgan fingerprint density at radius 2 is 2.22 bits per heavy atom. The Morgan fingerprint density at radius 3 is 2.72 bits per heavy atom. The third-order valence-electron chi connectivity index (χ3n) is 2.59. The van der Waals surface area contributed by atoms with Crippen molar-refractivity contribution in [2.75, 3.05) is 5.32 Å². The summed E-state index contributed by atoms with van der Waals surface area (Å²) in [4.78, 5) is 11.6. The number of hydrogen-bond acceptors (Lipinski definition) is 3. The van der Waals surface area contributed by atoms with Crippen molar-refractivity contribution in [2.45, 2.75) is 19.1 Å². The van der Waals surface area contributed by atoms with Gasteiger partial charge in [0.15, 0.2) is 0 Å². The quantitative estimate of drug-likeness (QED) is 0.886. The second kappa shape index (κ2) is 5.07. The molecule has 0 spiro atoms. The van der Waals surface area contributed by atoms with Gasteiger partial charge in [-0.05, 0) is 24.6 Å². The summed E-state index contributed by atoms with van der Waals surface area (Å²) < 4.78 is 28.2. The van der Waals surface area contributed by atoms with Crippen molar-refractivity contribution < 1.29 is 18.3 Å². The molecule has 1 saturated carbocycles. The Kier molecular flexibility index (Phi) is 3.68. The van der Waals surface area contributed by atoms with Gasteiger partial charge in [0.25, 0.3) is 0 Å². The summed E-state index contributed by atoms with van der Waals surface area (Å²) >= 11 is 5.75. The first kappa shape index (κ1) is 13.0. The average molecular weight is 277 g/mol. The lowest BCUT2D eigenvalue weighted by Crippen LogP contribution is -2.18. The first-order valence-electron chi connectivity index (χ1n) is 5.28. The number of nitrogens with one attached hydrogen (secondary N) is 1. The molecule has 1 aromatic carbocycles. The third-order valence-corrected chi connectivity index (χ3v) is 2.89. The van der Waals surface area contributed by atoms with Crippen LogP contribution >= 0.6 is 11.6 Å². The summed E-state index contributed by atoms with van der Waals surface area (Å²) in [7, 11) is 0. The summed E-state index contributed by atoms with van der Waals surface area (Å²) in [5.41, 5.74) is 5.96. The van der Waals surface area contributed by atoms with E-state index in [0.29, 0.717) is 12.1 Å². The van der Waals surface area contributed by atoms with Gasteiger partial charge in [0, 0.05) is 11.7 Å². The van der Waals surface area contributed by atoms with Crippen molar-refractivity contribution >= 4 is 23.2 Å². The summed E-state index contributed by atoms with van der Waals surface area (Å²) in [5, 5.41) is 2.62. The predicted octanol–water partition coefficient (Wildman–Crippen LogP) is 2.23. The second-order valence-electron chi connectivity index (χ2n) is 4.02. The van der Waals surface area contributed by atoms with E-state index < -0.39 is 6.61 Å². The first-order valence-corrected chi connectivity index (χ1v) is 5.66. The Labute approximate surface area is 107 Å². The van der Waals surface area contributed by atoms with Gasteiger partial charge in [-0.25, -0.2) is 0 Å². The van der Waals surface area contributed by atoms with Crippen LogP contribution in [0.5, 0.6) is 5.75 Å². The van der Waals surface area contributed by atoms with E-state index in [-0.39, 0.29) is 28.6 Å². The fraction of sp³-hybridized carbons (Fsp3) is 0.364. The van der Waals surface area contributed by atoms with Crippen LogP contribution in [-0.4, -0.2) is 18.6 Å². The van der Waals surface area contributed by atoms with Gasteiger partial charge in [0.1, 0.15) is 5.75 Å². The second-order valence-corrected chi connectivity index (χ2v) is 4.43. The summed E-state index contributed by atoms with van der Waals surface area (Å²) in [5.74, 6) is -0.505. The van der Waals surface area contributed by atoms with Gasteiger partial charge in [-0.3, -0.25) is 4.79 Å². The molecule has 0 heterocycles. The van der Waals surface area contributed by atoms with Crippen LogP contribution in [0, 0.1) is 5.92 Å². The number of hydrogen-bond donors (Lipinski definition) is 2. The Morgan fingerprint density at radius 1 is 1.56 bits per heavy atom. The number of amides is 1. The number of ether oxygens (including phenoxy) is 1. The van der Waals surface area contributed by atoms with Gasteiger partial charge >= 0.3 is 6.61 Å². The molecular formula is C11H11ClF2N2O2. The lowest BCUT2D eigenvalue weighted by molar-refractivity contribution is -0.117. The largest absolute Gasteiger partial charge is 0.433 e. The highest BCUT2D eigenvalue weighted by Gasteiger charge is 2.39. The minimum atomic E-state index is -2.94. The molecule has 0 radical (unpaired) electrons. The maximum Gasteiger partial charge on any atom is 0.387 e. The van der Waals surface area contributed by atoms with Crippen molar-refractivity contribution in [1.82, 2.24) is 0 Å². The lowest BCUT2D eigenvalue weighted by atomic mass is 10.3. The molecular weight excluding hydrogens is 266 g/mol. The lowest BCUT2D eigenvalue weighted by Gasteiger charge is -2.09. The van der Waals surface area contributed by atoms with Crippen LogP contribution in [-0.2, 0) is 4.79 Å². The standard InChI is InChI=1S/C11H11ClF2N2O2/c12-7-3-5(1-2-9(7)18-11(13)14)16-10(17)6-4-8(6)15/h1-3,6,8,11H,4,15H2,(H,16,17). The Balaban J connectivity index is 2.02. The highest BCUT2D eigenvalue weighted by atomic mass is 35.5. The molecule has 1 amide bonds. The smallest absolute Gasteiger partial charge is 0.387 e. The van der Waals surface area contributed by atoms with Crippen LogP contribution in [0.25, 0.3) is 0 Å². The van der Waals surface area contributed by atoms with E-state index in [9.17, 15) is 13.6 Å².